The minimum Gasteiger partial charge on any atom is -0.481 e. The molecule has 0 aliphatic heterocycles. The highest BCUT2D eigenvalue weighted by Crippen LogP contribution is 2.39. The van der Waals surface area contributed by atoms with Crippen LogP contribution >= 0.6 is 0 Å². The topological polar surface area (TPSA) is 109 Å². The number of hydrogen-bond donors (Lipinski definition) is 3. The summed E-state index contributed by atoms with van der Waals surface area (Å²) in [5, 5.41) is 11.0. The van der Waals surface area contributed by atoms with Crippen molar-refractivity contribution in [1.82, 2.24) is 0 Å². The second-order valence-electron chi connectivity index (χ2n) is 4.34. The van der Waals surface area contributed by atoms with Gasteiger partial charge in [0.25, 0.3) is 0 Å². The lowest BCUT2D eigenvalue weighted by molar-refractivity contribution is -0.139. The lowest BCUT2D eigenvalue weighted by Gasteiger charge is -2.07. The number of benzene rings is 1. The Labute approximate surface area is 107 Å². The van der Waals surface area contributed by atoms with Crippen LogP contribution in [0.2, 0.25) is 0 Å². The summed E-state index contributed by atoms with van der Waals surface area (Å²) in [4.78, 5) is 33.2. The van der Waals surface area contributed by atoms with Crippen LogP contribution in [0.15, 0.2) is 18.2 Å². The predicted molar refractivity (Wildman–Crippen MR) is 62.8 cm³/mol. The smallest absolute Gasteiger partial charge is 0.307 e. The molecule has 2 rings (SSSR count). The maximum Gasteiger partial charge on any atom is 0.307 e. The summed E-state index contributed by atoms with van der Waals surface area (Å²) in [7, 11) is 0. The molecule has 2 atom stereocenters. The van der Waals surface area contributed by atoms with Crippen LogP contribution in [0, 0.1) is 17.7 Å². The van der Waals surface area contributed by atoms with Gasteiger partial charge in [0.1, 0.15) is 5.82 Å². The first-order valence-corrected chi connectivity index (χ1v) is 5.53. The van der Waals surface area contributed by atoms with Gasteiger partial charge in [-0.1, -0.05) is 0 Å². The van der Waals surface area contributed by atoms with Crippen molar-refractivity contribution in [2.45, 2.75) is 6.42 Å². The molecule has 0 unspecified atom stereocenters. The number of carbonyl (C=O) groups excluding carboxylic acids is 2. The molecule has 1 saturated carbocycles. The molecule has 0 aromatic heterocycles. The molecule has 1 aliphatic carbocycles. The maximum atomic E-state index is 13.4. The van der Waals surface area contributed by atoms with Crippen molar-refractivity contribution in [2.24, 2.45) is 17.6 Å². The van der Waals surface area contributed by atoms with Crippen LogP contribution in [0.1, 0.15) is 16.8 Å². The summed E-state index contributed by atoms with van der Waals surface area (Å²) >= 11 is 0. The highest BCUT2D eigenvalue weighted by atomic mass is 19.1. The first-order chi connectivity index (χ1) is 8.90. The Hall–Kier alpha value is -2.44. The number of nitrogens with two attached hydrogens (primary N) is 1. The van der Waals surface area contributed by atoms with Crippen LogP contribution in [-0.2, 0) is 9.59 Å². The van der Waals surface area contributed by atoms with E-state index in [-0.39, 0.29) is 17.7 Å². The number of amides is 2. The lowest BCUT2D eigenvalue weighted by Crippen LogP contribution is -2.18. The average Bonchev–Trinajstić information content (AvgIpc) is 3.11. The summed E-state index contributed by atoms with van der Waals surface area (Å²) in [6.07, 6.45) is 0.234. The van der Waals surface area contributed by atoms with Crippen molar-refractivity contribution in [3.05, 3.63) is 29.6 Å². The zero-order chi connectivity index (χ0) is 14.2. The van der Waals surface area contributed by atoms with Crippen molar-refractivity contribution < 1.29 is 23.9 Å². The Bertz CT molecular complexity index is 573. The molecule has 2 amide bonds. The van der Waals surface area contributed by atoms with E-state index in [9.17, 15) is 18.8 Å². The predicted octanol–water partition coefficient (Wildman–Crippen LogP) is 0.584. The molecule has 19 heavy (non-hydrogen) atoms. The molecule has 1 aromatic rings. The summed E-state index contributed by atoms with van der Waals surface area (Å²) in [6, 6.07) is 3.33. The lowest BCUT2D eigenvalue weighted by atomic mass is 10.1. The number of nitrogens with one attached hydrogen (secondary N) is 1. The second-order valence-corrected chi connectivity index (χ2v) is 4.34. The van der Waals surface area contributed by atoms with Crippen LogP contribution in [0.4, 0.5) is 10.1 Å². The molecule has 6 nitrogen and oxygen atoms in total. The Balaban J connectivity index is 2.11. The van der Waals surface area contributed by atoms with Crippen LogP contribution in [0.5, 0.6) is 0 Å². The number of aliphatic carboxylic acids is 1. The highest BCUT2D eigenvalue weighted by molar-refractivity contribution is 6.00. The van der Waals surface area contributed by atoms with Gasteiger partial charge in [-0.3, -0.25) is 14.4 Å². The monoisotopic (exact) mass is 266 g/mol. The zero-order valence-corrected chi connectivity index (χ0v) is 9.72. The Morgan fingerprint density at radius 1 is 1.32 bits per heavy atom. The second kappa shape index (κ2) is 4.68. The van der Waals surface area contributed by atoms with E-state index in [0.717, 1.165) is 12.1 Å². The first-order valence-electron chi connectivity index (χ1n) is 5.53. The van der Waals surface area contributed by atoms with Gasteiger partial charge in [0.2, 0.25) is 11.8 Å². The largest absolute Gasteiger partial charge is 0.481 e. The molecule has 0 spiro atoms. The normalized spacial score (nSPS) is 20.7. The number of anilines is 1. The van der Waals surface area contributed by atoms with E-state index in [1.807, 2.05) is 0 Å². The fourth-order valence-corrected chi connectivity index (χ4v) is 1.76. The molecule has 7 heteroatoms. The van der Waals surface area contributed by atoms with E-state index in [1.54, 1.807) is 0 Å². The van der Waals surface area contributed by atoms with Gasteiger partial charge in [-0.25, -0.2) is 4.39 Å². The van der Waals surface area contributed by atoms with Crippen molar-refractivity contribution in [3.63, 3.8) is 0 Å². The van der Waals surface area contributed by atoms with Crippen LogP contribution in [0.25, 0.3) is 0 Å². The summed E-state index contributed by atoms with van der Waals surface area (Å²) < 4.78 is 13.4. The summed E-state index contributed by atoms with van der Waals surface area (Å²) in [5.74, 6) is -4.47. The van der Waals surface area contributed by atoms with Gasteiger partial charge >= 0.3 is 5.97 Å². The minimum atomic E-state index is -1.05. The standard InChI is InChI=1S/C12H11FN2O4/c13-8-2-1-5(10(14)16)3-9(8)15-11(17)6-4-7(6)12(18)19/h1-3,6-7H,4H2,(H2,14,16)(H,15,17)(H,18,19)/t6-,7+/m1/s1. The number of carboxylic acid groups (broad SMARTS) is 1. The van der Waals surface area contributed by atoms with Crippen molar-refractivity contribution in [1.29, 1.82) is 0 Å². The zero-order valence-electron chi connectivity index (χ0n) is 9.72. The van der Waals surface area contributed by atoms with Gasteiger partial charge in [0.05, 0.1) is 17.5 Å². The molecular weight excluding hydrogens is 255 g/mol. The third kappa shape index (κ3) is 2.70. The Kier molecular flexibility index (Phi) is 3.20. The van der Waals surface area contributed by atoms with Gasteiger partial charge < -0.3 is 16.2 Å². The fraction of sp³-hybridized carbons (Fsp3) is 0.250. The summed E-state index contributed by atoms with van der Waals surface area (Å²) in [5.41, 5.74) is 4.92. The Morgan fingerprint density at radius 2 is 2.00 bits per heavy atom. The van der Waals surface area contributed by atoms with Gasteiger partial charge in [0.15, 0.2) is 0 Å². The van der Waals surface area contributed by atoms with E-state index < -0.39 is 35.4 Å². The Morgan fingerprint density at radius 3 is 2.53 bits per heavy atom. The maximum absolute atomic E-state index is 13.4. The number of primary amides is 1. The van der Waals surface area contributed by atoms with Gasteiger partial charge in [-0.2, -0.15) is 0 Å². The van der Waals surface area contributed by atoms with Gasteiger partial charge in [-0.05, 0) is 24.6 Å². The van der Waals surface area contributed by atoms with Crippen molar-refractivity contribution >= 4 is 23.5 Å². The van der Waals surface area contributed by atoms with Crippen LogP contribution in [0.3, 0.4) is 0 Å². The molecule has 0 saturated heterocycles. The highest BCUT2D eigenvalue weighted by Gasteiger charge is 2.48. The molecule has 0 bridgehead atoms. The quantitative estimate of drug-likeness (QED) is 0.740. The molecule has 100 valence electrons. The number of hydrogen-bond acceptors (Lipinski definition) is 3. The number of carboxylic acids is 1. The van der Waals surface area contributed by atoms with E-state index >= 15 is 0 Å². The fourth-order valence-electron chi connectivity index (χ4n) is 1.76. The molecule has 0 radical (unpaired) electrons. The SMILES string of the molecule is NC(=O)c1ccc(F)c(NC(=O)[C@@H]2C[C@@H]2C(=O)O)c1. The van der Waals surface area contributed by atoms with E-state index in [2.05, 4.69) is 5.32 Å². The molecule has 1 aromatic carbocycles. The molecule has 0 heterocycles. The molecular formula is C12H11FN2O4. The van der Waals surface area contributed by atoms with Crippen LogP contribution < -0.4 is 11.1 Å². The summed E-state index contributed by atoms with van der Waals surface area (Å²) in [6.45, 7) is 0. The number of halogens is 1. The first kappa shape index (κ1) is 13.0. The van der Waals surface area contributed by atoms with Gasteiger partial charge in [0, 0.05) is 5.56 Å². The average molecular weight is 266 g/mol. The third-order valence-corrected chi connectivity index (χ3v) is 2.95. The molecule has 4 N–H and O–H groups in total. The number of rotatable bonds is 4. The molecule has 1 aliphatic rings. The van der Waals surface area contributed by atoms with E-state index in [1.165, 1.54) is 6.07 Å². The molecule has 1 fully saturated rings. The van der Waals surface area contributed by atoms with Gasteiger partial charge in [-0.15, -0.1) is 0 Å². The van der Waals surface area contributed by atoms with Crippen molar-refractivity contribution in [2.75, 3.05) is 5.32 Å². The van der Waals surface area contributed by atoms with E-state index in [4.69, 9.17) is 10.8 Å². The van der Waals surface area contributed by atoms with Crippen molar-refractivity contribution in [3.8, 4) is 0 Å². The van der Waals surface area contributed by atoms with E-state index in [0.29, 0.717) is 0 Å². The minimum absolute atomic E-state index is 0.0577. The third-order valence-electron chi connectivity index (χ3n) is 2.95. The number of carbonyl (C=O) groups is 3. The van der Waals surface area contributed by atoms with Crippen LogP contribution in [-0.4, -0.2) is 22.9 Å².